The maximum atomic E-state index is 12.2. The van der Waals surface area contributed by atoms with E-state index < -0.39 is 34.5 Å². The summed E-state index contributed by atoms with van der Waals surface area (Å²) >= 11 is 5.71. The van der Waals surface area contributed by atoms with Gasteiger partial charge in [0.15, 0.2) is 6.61 Å². The molecule has 1 rings (SSSR count). The molecule has 0 bridgehead atoms. The van der Waals surface area contributed by atoms with Crippen LogP contribution >= 0.6 is 11.6 Å². The fraction of sp³-hybridized carbons (Fsp3) is 0.385. The third-order valence-electron chi connectivity index (χ3n) is 2.68. The average Bonchev–Trinajstić information content (AvgIpc) is 2.42. The van der Waals surface area contributed by atoms with Crippen LogP contribution in [-0.4, -0.2) is 32.9 Å². The Labute approximate surface area is 133 Å². The van der Waals surface area contributed by atoms with Gasteiger partial charge < -0.3 is 10.5 Å². The van der Waals surface area contributed by atoms with Crippen LogP contribution in [0, 0.1) is 5.92 Å². The van der Waals surface area contributed by atoms with Gasteiger partial charge in [-0.1, -0.05) is 25.4 Å². The normalized spacial score (nSPS) is 12.9. The molecular weight excluding hydrogens is 332 g/mol. The molecule has 0 saturated carbocycles. The number of hydrogen-bond donors (Lipinski definition) is 2. The van der Waals surface area contributed by atoms with Crippen LogP contribution in [0.4, 0.5) is 0 Å². The topological polar surface area (TPSA) is 116 Å². The molecule has 1 aromatic carbocycles. The molecule has 3 N–H and O–H groups in total. The van der Waals surface area contributed by atoms with Gasteiger partial charge in [0, 0.05) is 5.02 Å². The molecule has 1 atom stereocenters. The summed E-state index contributed by atoms with van der Waals surface area (Å²) in [6.07, 6.45) is 0. The van der Waals surface area contributed by atoms with Gasteiger partial charge in [0.2, 0.25) is 10.0 Å². The summed E-state index contributed by atoms with van der Waals surface area (Å²) in [5, 5.41) is 0.389. The fourth-order valence-electron chi connectivity index (χ4n) is 1.54. The minimum atomic E-state index is -3.93. The van der Waals surface area contributed by atoms with E-state index in [1.807, 2.05) is 0 Å². The SMILES string of the molecule is CC(C)C(NS(=O)(=O)c1ccc(Cl)cc1)C(=O)OCC(N)=O. The fourth-order valence-corrected chi connectivity index (χ4v) is 3.00. The number of esters is 1. The van der Waals surface area contributed by atoms with Gasteiger partial charge in [-0.15, -0.1) is 0 Å². The number of amides is 1. The van der Waals surface area contributed by atoms with Gasteiger partial charge in [0.05, 0.1) is 4.90 Å². The van der Waals surface area contributed by atoms with E-state index in [1.165, 1.54) is 24.3 Å². The molecule has 0 spiro atoms. The van der Waals surface area contributed by atoms with Crippen LogP contribution < -0.4 is 10.5 Å². The molecule has 7 nitrogen and oxygen atoms in total. The first-order valence-corrected chi connectivity index (χ1v) is 8.22. The molecule has 1 amide bonds. The van der Waals surface area contributed by atoms with Gasteiger partial charge in [0.1, 0.15) is 6.04 Å². The lowest BCUT2D eigenvalue weighted by Gasteiger charge is -2.20. The number of hydrogen-bond acceptors (Lipinski definition) is 5. The number of nitrogens with one attached hydrogen (secondary N) is 1. The summed E-state index contributed by atoms with van der Waals surface area (Å²) in [5.41, 5.74) is 4.88. The smallest absolute Gasteiger partial charge is 0.324 e. The number of primary amides is 1. The predicted molar refractivity (Wildman–Crippen MR) is 80.6 cm³/mol. The van der Waals surface area contributed by atoms with Crippen molar-refractivity contribution < 1.29 is 22.7 Å². The van der Waals surface area contributed by atoms with Crippen LogP contribution in [0.25, 0.3) is 0 Å². The Morgan fingerprint density at radius 2 is 1.82 bits per heavy atom. The summed E-state index contributed by atoms with van der Waals surface area (Å²) in [4.78, 5) is 22.5. The van der Waals surface area contributed by atoms with E-state index in [9.17, 15) is 18.0 Å². The van der Waals surface area contributed by atoms with E-state index in [-0.39, 0.29) is 10.8 Å². The molecule has 0 aromatic heterocycles. The number of nitrogens with two attached hydrogens (primary N) is 1. The van der Waals surface area contributed by atoms with Crippen LogP contribution in [-0.2, 0) is 24.3 Å². The number of carbonyl (C=O) groups is 2. The second kappa shape index (κ2) is 7.57. The van der Waals surface area contributed by atoms with Crippen molar-refractivity contribution in [2.75, 3.05) is 6.61 Å². The van der Waals surface area contributed by atoms with Crippen molar-refractivity contribution in [3.05, 3.63) is 29.3 Å². The Kier molecular flexibility index (Phi) is 6.34. The van der Waals surface area contributed by atoms with Crippen LogP contribution in [0.5, 0.6) is 0 Å². The molecule has 0 heterocycles. The van der Waals surface area contributed by atoms with Crippen molar-refractivity contribution in [2.24, 2.45) is 11.7 Å². The molecular formula is C13H17ClN2O5S. The first-order chi connectivity index (χ1) is 10.1. The van der Waals surface area contributed by atoms with Crippen molar-refractivity contribution in [3.63, 3.8) is 0 Å². The van der Waals surface area contributed by atoms with Crippen LogP contribution in [0.15, 0.2) is 29.2 Å². The van der Waals surface area contributed by atoms with Crippen molar-refractivity contribution >= 4 is 33.5 Å². The number of ether oxygens (including phenoxy) is 1. The third kappa shape index (κ3) is 5.28. The Bertz CT molecular complexity index is 643. The summed E-state index contributed by atoms with van der Waals surface area (Å²) in [7, 11) is -3.93. The second-order valence-electron chi connectivity index (χ2n) is 4.87. The monoisotopic (exact) mass is 348 g/mol. The Morgan fingerprint density at radius 3 is 2.27 bits per heavy atom. The van der Waals surface area contributed by atoms with Gasteiger partial charge in [-0.25, -0.2) is 8.42 Å². The summed E-state index contributed by atoms with van der Waals surface area (Å²) < 4.78 is 31.4. The molecule has 122 valence electrons. The van der Waals surface area contributed by atoms with E-state index in [0.717, 1.165) is 0 Å². The number of sulfonamides is 1. The molecule has 0 aliphatic rings. The van der Waals surface area contributed by atoms with E-state index in [4.69, 9.17) is 17.3 Å². The molecule has 0 radical (unpaired) electrons. The highest BCUT2D eigenvalue weighted by molar-refractivity contribution is 7.89. The van der Waals surface area contributed by atoms with Crippen molar-refractivity contribution in [1.82, 2.24) is 4.72 Å². The largest absolute Gasteiger partial charge is 0.454 e. The van der Waals surface area contributed by atoms with Crippen LogP contribution in [0.2, 0.25) is 5.02 Å². The molecule has 0 aliphatic heterocycles. The molecule has 0 saturated heterocycles. The molecule has 1 unspecified atom stereocenters. The van der Waals surface area contributed by atoms with Crippen molar-refractivity contribution in [3.8, 4) is 0 Å². The molecule has 0 fully saturated rings. The number of rotatable bonds is 7. The Balaban J connectivity index is 2.92. The van der Waals surface area contributed by atoms with E-state index in [0.29, 0.717) is 5.02 Å². The zero-order chi connectivity index (χ0) is 16.9. The molecule has 22 heavy (non-hydrogen) atoms. The van der Waals surface area contributed by atoms with Crippen LogP contribution in [0.3, 0.4) is 0 Å². The third-order valence-corrected chi connectivity index (χ3v) is 4.39. The lowest BCUT2D eigenvalue weighted by atomic mass is 10.1. The van der Waals surface area contributed by atoms with Gasteiger partial charge in [-0.2, -0.15) is 4.72 Å². The maximum Gasteiger partial charge on any atom is 0.324 e. The van der Waals surface area contributed by atoms with Gasteiger partial charge in [0.25, 0.3) is 5.91 Å². The number of benzene rings is 1. The minimum Gasteiger partial charge on any atom is -0.454 e. The van der Waals surface area contributed by atoms with E-state index in [2.05, 4.69) is 9.46 Å². The zero-order valence-corrected chi connectivity index (χ0v) is 13.6. The zero-order valence-electron chi connectivity index (χ0n) is 12.1. The first kappa shape index (κ1) is 18.4. The van der Waals surface area contributed by atoms with E-state index in [1.54, 1.807) is 13.8 Å². The number of carbonyl (C=O) groups excluding carboxylic acids is 2. The second-order valence-corrected chi connectivity index (χ2v) is 7.02. The standard InChI is InChI=1S/C13H17ClN2O5S/c1-8(2)12(13(18)21-7-11(15)17)16-22(19,20)10-5-3-9(14)4-6-10/h3-6,8,12,16H,7H2,1-2H3,(H2,15,17). The highest BCUT2D eigenvalue weighted by atomic mass is 35.5. The molecule has 0 aliphatic carbocycles. The lowest BCUT2D eigenvalue weighted by Crippen LogP contribution is -2.45. The van der Waals surface area contributed by atoms with Crippen molar-refractivity contribution in [2.45, 2.75) is 24.8 Å². The Morgan fingerprint density at radius 1 is 1.27 bits per heavy atom. The lowest BCUT2D eigenvalue weighted by molar-refractivity contribution is -0.150. The highest BCUT2D eigenvalue weighted by Gasteiger charge is 2.29. The summed E-state index contributed by atoms with van der Waals surface area (Å²) in [6.45, 7) is 2.67. The summed E-state index contributed by atoms with van der Waals surface area (Å²) in [6, 6.07) is 4.34. The predicted octanol–water partition coefficient (Wildman–Crippen LogP) is 0.671. The number of halogens is 1. The average molecular weight is 349 g/mol. The van der Waals surface area contributed by atoms with Gasteiger partial charge in [-0.05, 0) is 30.2 Å². The van der Waals surface area contributed by atoms with Crippen molar-refractivity contribution in [1.29, 1.82) is 0 Å². The highest BCUT2D eigenvalue weighted by Crippen LogP contribution is 2.16. The maximum absolute atomic E-state index is 12.2. The van der Waals surface area contributed by atoms with Gasteiger partial charge >= 0.3 is 5.97 Å². The first-order valence-electron chi connectivity index (χ1n) is 6.36. The molecule has 9 heteroatoms. The Hall–Kier alpha value is -1.64. The molecule has 1 aromatic rings. The van der Waals surface area contributed by atoms with Gasteiger partial charge in [-0.3, -0.25) is 9.59 Å². The summed E-state index contributed by atoms with van der Waals surface area (Å²) in [5.74, 6) is -2.08. The van der Waals surface area contributed by atoms with E-state index >= 15 is 0 Å². The van der Waals surface area contributed by atoms with Crippen LogP contribution in [0.1, 0.15) is 13.8 Å². The quantitative estimate of drug-likeness (QED) is 0.703. The minimum absolute atomic E-state index is 0.0368.